The van der Waals surface area contributed by atoms with Crippen LogP contribution in [-0.2, 0) is 10.0 Å². The zero-order valence-electron chi connectivity index (χ0n) is 11.3. The Hall–Kier alpha value is -1.09. The van der Waals surface area contributed by atoms with Crippen LogP contribution in [0.5, 0.6) is 0 Å². The smallest absolute Gasteiger partial charge is 0.240 e. The van der Waals surface area contributed by atoms with Crippen molar-refractivity contribution >= 4 is 27.2 Å². The second-order valence-electron chi connectivity index (χ2n) is 5.09. The summed E-state index contributed by atoms with van der Waals surface area (Å²) in [6.45, 7) is 0. The summed E-state index contributed by atoms with van der Waals surface area (Å²) in [4.78, 5) is -0.327. The predicted molar refractivity (Wildman–Crippen MR) is 80.9 cm³/mol. The largest absolute Gasteiger partial charge is 0.391 e. The standard InChI is InChI=1S/C13H17FN2O3S2/c14-10-6-5-8(7-9(10)13(15)20)21(18,19)16-11-3-1-2-4-12(11)17/h5-7,11-12,16-17H,1-4H2,(H2,15,20). The van der Waals surface area contributed by atoms with Crippen molar-refractivity contribution in [1.82, 2.24) is 4.72 Å². The minimum atomic E-state index is -3.86. The molecule has 2 rings (SSSR count). The molecule has 2 atom stereocenters. The molecule has 2 unspecified atom stereocenters. The molecule has 0 radical (unpaired) electrons. The molecule has 0 spiro atoms. The van der Waals surface area contributed by atoms with E-state index in [1.165, 1.54) is 0 Å². The van der Waals surface area contributed by atoms with E-state index < -0.39 is 28.0 Å². The third-order valence-corrected chi connectivity index (χ3v) is 5.26. The highest BCUT2D eigenvalue weighted by Gasteiger charge is 2.28. The van der Waals surface area contributed by atoms with Crippen molar-refractivity contribution in [1.29, 1.82) is 0 Å². The summed E-state index contributed by atoms with van der Waals surface area (Å²) >= 11 is 4.69. The molecule has 0 heterocycles. The number of sulfonamides is 1. The van der Waals surface area contributed by atoms with E-state index in [0.29, 0.717) is 12.8 Å². The van der Waals surface area contributed by atoms with Gasteiger partial charge in [0.25, 0.3) is 0 Å². The number of hydrogen-bond donors (Lipinski definition) is 3. The quantitative estimate of drug-likeness (QED) is 0.717. The fraction of sp³-hybridized carbons (Fsp3) is 0.462. The third-order valence-electron chi connectivity index (χ3n) is 3.55. The lowest BCUT2D eigenvalue weighted by molar-refractivity contribution is 0.101. The molecule has 4 N–H and O–H groups in total. The molecule has 1 aliphatic rings. The monoisotopic (exact) mass is 332 g/mol. The first-order valence-electron chi connectivity index (χ1n) is 6.61. The van der Waals surface area contributed by atoms with E-state index in [4.69, 9.17) is 18.0 Å². The van der Waals surface area contributed by atoms with Crippen LogP contribution in [0, 0.1) is 5.82 Å². The van der Waals surface area contributed by atoms with Crippen LogP contribution in [-0.4, -0.2) is 30.7 Å². The first-order chi connectivity index (χ1) is 9.81. The van der Waals surface area contributed by atoms with Crippen molar-refractivity contribution in [2.45, 2.75) is 42.7 Å². The van der Waals surface area contributed by atoms with Gasteiger partial charge in [0.2, 0.25) is 10.0 Å². The maximum atomic E-state index is 13.5. The summed E-state index contributed by atoms with van der Waals surface area (Å²) in [6, 6.07) is 2.74. The molecule has 1 aliphatic carbocycles. The highest BCUT2D eigenvalue weighted by molar-refractivity contribution is 7.89. The molecule has 0 amide bonds. The first kappa shape index (κ1) is 16.3. The van der Waals surface area contributed by atoms with E-state index in [0.717, 1.165) is 31.0 Å². The lowest BCUT2D eigenvalue weighted by Crippen LogP contribution is -2.45. The first-order valence-corrected chi connectivity index (χ1v) is 8.50. The van der Waals surface area contributed by atoms with E-state index in [9.17, 15) is 17.9 Å². The summed E-state index contributed by atoms with van der Waals surface area (Å²) in [7, 11) is -3.86. The normalized spacial score (nSPS) is 23.0. The van der Waals surface area contributed by atoms with Gasteiger partial charge in [0, 0.05) is 11.6 Å². The van der Waals surface area contributed by atoms with Crippen molar-refractivity contribution < 1.29 is 17.9 Å². The molecular weight excluding hydrogens is 315 g/mol. The number of aliphatic hydroxyl groups excluding tert-OH is 1. The van der Waals surface area contributed by atoms with Crippen LogP contribution in [0.3, 0.4) is 0 Å². The van der Waals surface area contributed by atoms with E-state index in [2.05, 4.69) is 4.72 Å². The van der Waals surface area contributed by atoms with Gasteiger partial charge in [0.15, 0.2) is 0 Å². The van der Waals surface area contributed by atoms with Gasteiger partial charge in [-0.15, -0.1) is 0 Å². The van der Waals surface area contributed by atoms with Crippen molar-refractivity contribution in [3.63, 3.8) is 0 Å². The van der Waals surface area contributed by atoms with E-state index in [1.54, 1.807) is 0 Å². The topological polar surface area (TPSA) is 92.4 Å². The molecule has 8 heteroatoms. The summed E-state index contributed by atoms with van der Waals surface area (Å²) < 4.78 is 40.6. The molecule has 21 heavy (non-hydrogen) atoms. The number of rotatable bonds is 4. The molecule has 1 fully saturated rings. The lowest BCUT2D eigenvalue weighted by atomic mass is 9.93. The van der Waals surface area contributed by atoms with Gasteiger partial charge < -0.3 is 10.8 Å². The van der Waals surface area contributed by atoms with Crippen LogP contribution in [0.2, 0.25) is 0 Å². The van der Waals surface area contributed by atoms with Crippen molar-refractivity contribution in [3.05, 3.63) is 29.6 Å². The van der Waals surface area contributed by atoms with Gasteiger partial charge in [-0.3, -0.25) is 0 Å². The average molecular weight is 332 g/mol. The third kappa shape index (κ3) is 3.76. The number of nitrogens with one attached hydrogen (secondary N) is 1. The van der Waals surface area contributed by atoms with Crippen LogP contribution < -0.4 is 10.5 Å². The Bertz CT molecular complexity index is 649. The van der Waals surface area contributed by atoms with Crippen LogP contribution in [0.4, 0.5) is 4.39 Å². The van der Waals surface area contributed by atoms with Crippen molar-refractivity contribution in [2.24, 2.45) is 5.73 Å². The fourth-order valence-corrected chi connectivity index (χ4v) is 3.86. The second-order valence-corrected chi connectivity index (χ2v) is 7.24. The van der Waals surface area contributed by atoms with Gasteiger partial charge in [0.1, 0.15) is 10.8 Å². The summed E-state index contributed by atoms with van der Waals surface area (Å²) in [5.41, 5.74) is 5.26. The molecule has 0 saturated heterocycles. The van der Waals surface area contributed by atoms with Gasteiger partial charge in [-0.2, -0.15) is 0 Å². The van der Waals surface area contributed by atoms with Crippen LogP contribution in [0.15, 0.2) is 23.1 Å². The Kier molecular flexibility index (Phi) is 4.92. The molecule has 0 aliphatic heterocycles. The SMILES string of the molecule is NC(=S)c1cc(S(=O)(=O)NC2CCCCC2O)ccc1F. The molecule has 116 valence electrons. The molecule has 1 saturated carbocycles. The molecule has 1 aromatic carbocycles. The van der Waals surface area contributed by atoms with Crippen LogP contribution in [0.1, 0.15) is 31.2 Å². The number of halogens is 1. The highest BCUT2D eigenvalue weighted by Crippen LogP contribution is 2.21. The van der Waals surface area contributed by atoms with Gasteiger partial charge >= 0.3 is 0 Å². The Labute approximate surface area is 128 Å². The number of benzene rings is 1. The number of aliphatic hydroxyl groups is 1. The Morgan fingerprint density at radius 3 is 2.67 bits per heavy atom. The van der Waals surface area contributed by atoms with Crippen LogP contribution in [0.25, 0.3) is 0 Å². The molecule has 5 nitrogen and oxygen atoms in total. The number of hydrogen-bond acceptors (Lipinski definition) is 4. The molecular formula is C13H17FN2O3S2. The van der Waals surface area contributed by atoms with Gasteiger partial charge in [0.05, 0.1) is 11.0 Å². The van der Waals surface area contributed by atoms with Crippen molar-refractivity contribution in [2.75, 3.05) is 0 Å². The Balaban J connectivity index is 2.27. The van der Waals surface area contributed by atoms with Crippen molar-refractivity contribution in [3.8, 4) is 0 Å². The number of nitrogens with two attached hydrogens (primary N) is 1. The summed E-state index contributed by atoms with van der Waals surface area (Å²) in [6.07, 6.45) is 2.16. The minimum absolute atomic E-state index is 0.114. The van der Waals surface area contributed by atoms with Gasteiger partial charge in [-0.25, -0.2) is 17.5 Å². The zero-order chi connectivity index (χ0) is 15.6. The van der Waals surface area contributed by atoms with E-state index in [1.807, 2.05) is 0 Å². The second kappa shape index (κ2) is 6.35. The Morgan fingerprint density at radius 1 is 1.38 bits per heavy atom. The zero-order valence-corrected chi connectivity index (χ0v) is 12.9. The molecule has 0 aromatic heterocycles. The average Bonchev–Trinajstić information content (AvgIpc) is 2.41. The lowest BCUT2D eigenvalue weighted by Gasteiger charge is -2.28. The Morgan fingerprint density at radius 2 is 2.05 bits per heavy atom. The summed E-state index contributed by atoms with van der Waals surface area (Å²) in [5, 5.41) is 9.84. The maximum absolute atomic E-state index is 13.5. The fourth-order valence-electron chi connectivity index (χ4n) is 2.38. The summed E-state index contributed by atoms with van der Waals surface area (Å²) in [5.74, 6) is -0.667. The molecule has 0 bridgehead atoms. The molecule has 1 aromatic rings. The predicted octanol–water partition coefficient (Wildman–Crippen LogP) is 1.04. The maximum Gasteiger partial charge on any atom is 0.240 e. The van der Waals surface area contributed by atoms with E-state index in [-0.39, 0.29) is 15.4 Å². The van der Waals surface area contributed by atoms with Gasteiger partial charge in [-0.1, -0.05) is 25.1 Å². The van der Waals surface area contributed by atoms with Gasteiger partial charge in [-0.05, 0) is 31.0 Å². The number of thiocarbonyl (C=S) groups is 1. The highest BCUT2D eigenvalue weighted by atomic mass is 32.2. The van der Waals surface area contributed by atoms with E-state index >= 15 is 0 Å². The minimum Gasteiger partial charge on any atom is -0.391 e. The van der Waals surface area contributed by atoms with Crippen LogP contribution >= 0.6 is 12.2 Å².